The molecule has 4 heteroatoms. The van der Waals surface area contributed by atoms with Crippen LogP contribution in [0.2, 0.25) is 0 Å². The number of amides is 1. The van der Waals surface area contributed by atoms with Crippen LogP contribution in [0.1, 0.15) is 55.5 Å². The lowest BCUT2D eigenvalue weighted by Crippen LogP contribution is -2.20. The molecule has 2 bridgehead atoms. The Morgan fingerprint density at radius 2 is 2.15 bits per heavy atom. The number of nitrogens with one attached hydrogen (secondary N) is 1. The van der Waals surface area contributed by atoms with Gasteiger partial charge in [-0.05, 0) is 62.7 Å². The van der Waals surface area contributed by atoms with Crippen LogP contribution in [0.3, 0.4) is 0 Å². The predicted octanol–water partition coefficient (Wildman–Crippen LogP) is 3.79. The Morgan fingerprint density at radius 3 is 2.90 bits per heavy atom. The first-order chi connectivity index (χ1) is 9.78. The van der Waals surface area contributed by atoms with E-state index >= 15 is 0 Å². The first-order valence-electron chi connectivity index (χ1n) is 8.06. The maximum Gasteiger partial charge on any atom is 0.226 e. The van der Waals surface area contributed by atoms with E-state index in [4.69, 9.17) is 0 Å². The molecule has 1 N–H and O–H groups in total. The smallest absolute Gasteiger partial charge is 0.226 e. The summed E-state index contributed by atoms with van der Waals surface area (Å²) in [7, 11) is 0. The number of aromatic nitrogens is 1. The van der Waals surface area contributed by atoms with Gasteiger partial charge in [-0.15, -0.1) is 11.3 Å². The van der Waals surface area contributed by atoms with Crippen molar-refractivity contribution in [2.45, 2.75) is 57.8 Å². The van der Waals surface area contributed by atoms with Crippen molar-refractivity contribution in [3.8, 4) is 0 Å². The molecule has 3 aliphatic carbocycles. The van der Waals surface area contributed by atoms with Crippen LogP contribution in [0.4, 0.5) is 5.13 Å². The zero-order chi connectivity index (χ0) is 13.5. The van der Waals surface area contributed by atoms with Crippen molar-refractivity contribution in [3.05, 3.63) is 10.6 Å². The highest BCUT2D eigenvalue weighted by molar-refractivity contribution is 7.15. The largest absolute Gasteiger partial charge is 0.302 e. The molecule has 0 saturated heterocycles. The van der Waals surface area contributed by atoms with Crippen molar-refractivity contribution in [3.63, 3.8) is 0 Å². The molecule has 0 radical (unpaired) electrons. The normalized spacial score (nSPS) is 31.3. The van der Waals surface area contributed by atoms with E-state index in [0.717, 1.165) is 29.8 Å². The highest BCUT2D eigenvalue weighted by Crippen LogP contribution is 2.49. The van der Waals surface area contributed by atoms with Gasteiger partial charge in [0.2, 0.25) is 5.91 Å². The number of carbonyl (C=O) groups is 1. The lowest BCUT2D eigenvalue weighted by molar-refractivity contribution is -0.117. The number of hydrogen-bond acceptors (Lipinski definition) is 3. The Labute approximate surface area is 124 Å². The second-order valence-electron chi connectivity index (χ2n) is 6.78. The van der Waals surface area contributed by atoms with Crippen LogP contribution in [0.5, 0.6) is 0 Å². The summed E-state index contributed by atoms with van der Waals surface area (Å²) in [5, 5.41) is 3.89. The second kappa shape index (κ2) is 5.14. The number of thiazole rings is 1. The van der Waals surface area contributed by atoms with Crippen molar-refractivity contribution in [2.75, 3.05) is 5.32 Å². The summed E-state index contributed by atoms with van der Waals surface area (Å²) in [5.41, 5.74) is 1.23. The SMILES string of the molecule is O=C(C[C@H]1C[C@H]2CC[C@@H]1C2)Nc1nc2c(s1)CCCC2. The van der Waals surface area contributed by atoms with E-state index < -0.39 is 0 Å². The first-order valence-corrected chi connectivity index (χ1v) is 8.88. The minimum atomic E-state index is 0.189. The molecule has 1 aromatic rings. The fourth-order valence-corrected chi connectivity index (χ4v) is 5.51. The van der Waals surface area contributed by atoms with E-state index in [2.05, 4.69) is 10.3 Å². The number of carbonyl (C=O) groups excluding carboxylic acids is 1. The molecule has 4 rings (SSSR count). The highest BCUT2D eigenvalue weighted by Gasteiger charge is 2.40. The summed E-state index contributed by atoms with van der Waals surface area (Å²) < 4.78 is 0. The molecule has 1 aromatic heterocycles. The topological polar surface area (TPSA) is 42.0 Å². The quantitative estimate of drug-likeness (QED) is 0.920. The van der Waals surface area contributed by atoms with Crippen LogP contribution in [-0.4, -0.2) is 10.9 Å². The van der Waals surface area contributed by atoms with Gasteiger partial charge in [-0.3, -0.25) is 4.79 Å². The van der Waals surface area contributed by atoms with Gasteiger partial charge in [-0.1, -0.05) is 6.42 Å². The third-order valence-corrected chi connectivity index (χ3v) is 6.50. The lowest BCUT2D eigenvalue weighted by atomic mass is 9.86. The van der Waals surface area contributed by atoms with Crippen LogP contribution >= 0.6 is 11.3 Å². The average molecular weight is 290 g/mol. The lowest BCUT2D eigenvalue weighted by Gasteiger charge is -2.20. The van der Waals surface area contributed by atoms with Crippen molar-refractivity contribution in [1.29, 1.82) is 0 Å². The van der Waals surface area contributed by atoms with Crippen molar-refractivity contribution in [2.24, 2.45) is 17.8 Å². The predicted molar refractivity (Wildman–Crippen MR) is 80.9 cm³/mol. The van der Waals surface area contributed by atoms with Crippen molar-refractivity contribution >= 4 is 22.4 Å². The third kappa shape index (κ3) is 2.39. The Morgan fingerprint density at radius 1 is 1.25 bits per heavy atom. The Balaban J connectivity index is 1.36. The molecule has 3 aliphatic rings. The third-order valence-electron chi connectivity index (χ3n) is 5.42. The fourth-order valence-electron chi connectivity index (χ4n) is 4.44. The second-order valence-corrected chi connectivity index (χ2v) is 7.87. The van der Waals surface area contributed by atoms with Crippen LogP contribution in [0.25, 0.3) is 0 Å². The number of anilines is 1. The summed E-state index contributed by atoms with van der Waals surface area (Å²) >= 11 is 1.69. The summed E-state index contributed by atoms with van der Waals surface area (Å²) in [5.74, 6) is 2.58. The number of fused-ring (bicyclic) bond motifs is 3. The summed E-state index contributed by atoms with van der Waals surface area (Å²) in [4.78, 5) is 18.2. The van der Waals surface area contributed by atoms with Gasteiger partial charge in [-0.25, -0.2) is 4.98 Å². The van der Waals surface area contributed by atoms with Gasteiger partial charge in [0, 0.05) is 11.3 Å². The molecule has 108 valence electrons. The van der Waals surface area contributed by atoms with Gasteiger partial charge >= 0.3 is 0 Å². The molecule has 2 saturated carbocycles. The molecule has 1 amide bonds. The van der Waals surface area contributed by atoms with Crippen LogP contribution in [0, 0.1) is 17.8 Å². The molecular weight excluding hydrogens is 268 g/mol. The van der Waals surface area contributed by atoms with Gasteiger partial charge in [0.25, 0.3) is 0 Å². The van der Waals surface area contributed by atoms with Crippen LogP contribution in [-0.2, 0) is 17.6 Å². The first kappa shape index (κ1) is 12.8. The van der Waals surface area contributed by atoms with E-state index in [1.165, 1.54) is 49.1 Å². The van der Waals surface area contributed by atoms with Crippen LogP contribution in [0.15, 0.2) is 0 Å². The highest BCUT2D eigenvalue weighted by atomic mass is 32.1. The minimum Gasteiger partial charge on any atom is -0.302 e. The van der Waals surface area contributed by atoms with Gasteiger partial charge < -0.3 is 5.32 Å². The molecule has 0 aromatic carbocycles. The zero-order valence-electron chi connectivity index (χ0n) is 11.9. The Kier molecular flexibility index (Phi) is 3.29. The van der Waals surface area contributed by atoms with E-state index in [0.29, 0.717) is 12.3 Å². The van der Waals surface area contributed by atoms with Gasteiger partial charge in [-0.2, -0.15) is 0 Å². The van der Waals surface area contributed by atoms with Crippen molar-refractivity contribution in [1.82, 2.24) is 4.98 Å². The van der Waals surface area contributed by atoms with E-state index in [1.807, 2.05) is 0 Å². The van der Waals surface area contributed by atoms with E-state index in [1.54, 1.807) is 11.3 Å². The molecular formula is C16H22N2OS. The maximum atomic E-state index is 12.2. The molecule has 20 heavy (non-hydrogen) atoms. The molecule has 1 heterocycles. The molecule has 0 spiro atoms. The average Bonchev–Trinajstić information content (AvgIpc) is 3.11. The monoisotopic (exact) mass is 290 g/mol. The number of rotatable bonds is 3. The summed E-state index contributed by atoms with van der Waals surface area (Å²) in [6.45, 7) is 0. The standard InChI is InChI=1S/C16H22N2OS/c19-15(9-12-8-10-5-6-11(12)7-10)18-16-17-13-3-1-2-4-14(13)20-16/h10-12H,1-9H2,(H,17,18,19)/t10-,11+,12+/m0/s1. The molecule has 3 nitrogen and oxygen atoms in total. The number of nitrogens with zero attached hydrogens (tertiary/aromatic N) is 1. The molecule has 0 unspecified atom stereocenters. The summed E-state index contributed by atoms with van der Waals surface area (Å²) in [6, 6.07) is 0. The number of aryl methyl sites for hydroxylation is 2. The van der Waals surface area contributed by atoms with E-state index in [9.17, 15) is 4.79 Å². The number of hydrogen-bond donors (Lipinski definition) is 1. The minimum absolute atomic E-state index is 0.189. The molecule has 3 atom stereocenters. The summed E-state index contributed by atoms with van der Waals surface area (Å²) in [6.07, 6.45) is 10.9. The maximum absolute atomic E-state index is 12.2. The van der Waals surface area contributed by atoms with Crippen molar-refractivity contribution < 1.29 is 4.79 Å². The zero-order valence-corrected chi connectivity index (χ0v) is 12.7. The van der Waals surface area contributed by atoms with Crippen LogP contribution < -0.4 is 5.32 Å². The van der Waals surface area contributed by atoms with E-state index in [-0.39, 0.29) is 5.91 Å². The molecule has 0 aliphatic heterocycles. The fraction of sp³-hybridized carbons (Fsp3) is 0.750. The Hall–Kier alpha value is -0.900. The molecule has 2 fully saturated rings. The van der Waals surface area contributed by atoms with Gasteiger partial charge in [0.05, 0.1) is 5.69 Å². The van der Waals surface area contributed by atoms with Gasteiger partial charge in [0.1, 0.15) is 0 Å². The Bertz CT molecular complexity index is 501. The van der Waals surface area contributed by atoms with Gasteiger partial charge in [0.15, 0.2) is 5.13 Å².